The number of amides is 1. The molecule has 1 aromatic rings. The van der Waals surface area contributed by atoms with Crippen molar-refractivity contribution in [2.75, 3.05) is 19.8 Å². The maximum Gasteiger partial charge on any atom is 0.339 e. The Labute approximate surface area is 134 Å². The van der Waals surface area contributed by atoms with Crippen LogP contribution in [-0.2, 0) is 27.1 Å². The van der Waals surface area contributed by atoms with E-state index in [2.05, 4.69) is 5.32 Å². The molecule has 120 valence electrons. The molecule has 0 saturated carbocycles. The van der Waals surface area contributed by atoms with Crippen molar-refractivity contribution in [2.45, 2.75) is 44.6 Å². The number of hydrogen-bond acceptors (Lipinski definition) is 5. The minimum absolute atomic E-state index is 0.101. The first-order valence-corrected chi connectivity index (χ1v) is 8.76. The van der Waals surface area contributed by atoms with Crippen molar-refractivity contribution in [3.8, 4) is 0 Å². The van der Waals surface area contributed by atoms with Gasteiger partial charge in [0.2, 0.25) is 0 Å². The Morgan fingerprint density at radius 3 is 3.00 bits per heavy atom. The summed E-state index contributed by atoms with van der Waals surface area (Å²) in [5.74, 6) is -0.653. The molecule has 0 spiro atoms. The molecule has 1 aliphatic carbocycles. The van der Waals surface area contributed by atoms with Gasteiger partial charge in [-0.25, -0.2) is 4.79 Å². The second-order valence-electron chi connectivity index (χ2n) is 5.77. The first-order chi connectivity index (χ1) is 10.7. The van der Waals surface area contributed by atoms with Gasteiger partial charge in [0.15, 0.2) is 6.61 Å². The lowest BCUT2D eigenvalue weighted by molar-refractivity contribution is -0.124. The first-order valence-electron chi connectivity index (χ1n) is 7.88. The number of carbonyl (C=O) groups is 2. The Morgan fingerprint density at radius 1 is 1.32 bits per heavy atom. The van der Waals surface area contributed by atoms with E-state index in [-0.39, 0.29) is 24.6 Å². The van der Waals surface area contributed by atoms with Crippen LogP contribution in [0.4, 0.5) is 0 Å². The average Bonchev–Trinajstić information content (AvgIpc) is 3.19. The maximum atomic E-state index is 12.1. The standard InChI is InChI=1S/C16H21NO4S/c18-15(17-8-11-4-3-7-20-11)9-21-16(19)13-10-22-14-6-2-1-5-12(13)14/h10-11H,1-9H2,(H,17,18)/t11-/m1/s1. The van der Waals surface area contributed by atoms with Gasteiger partial charge in [-0.3, -0.25) is 4.79 Å². The van der Waals surface area contributed by atoms with Crippen LogP contribution in [0.1, 0.15) is 46.5 Å². The predicted molar refractivity (Wildman–Crippen MR) is 83.2 cm³/mol. The third-order valence-corrected chi connectivity index (χ3v) is 5.26. The van der Waals surface area contributed by atoms with Crippen LogP contribution in [0.25, 0.3) is 0 Å². The molecular formula is C16H21NO4S. The lowest BCUT2D eigenvalue weighted by Gasteiger charge is -2.13. The molecule has 1 aliphatic heterocycles. The van der Waals surface area contributed by atoms with Crippen molar-refractivity contribution >= 4 is 23.2 Å². The number of hydrogen-bond donors (Lipinski definition) is 1. The Balaban J connectivity index is 1.45. The lowest BCUT2D eigenvalue weighted by atomic mass is 9.96. The van der Waals surface area contributed by atoms with Crippen LogP contribution in [0.15, 0.2) is 5.38 Å². The summed E-state index contributed by atoms with van der Waals surface area (Å²) in [6.45, 7) is 1.03. The number of carbonyl (C=O) groups excluding carboxylic acids is 2. The third kappa shape index (κ3) is 3.67. The van der Waals surface area contributed by atoms with Crippen molar-refractivity contribution in [3.63, 3.8) is 0 Å². The molecule has 3 rings (SSSR count). The number of nitrogens with one attached hydrogen (secondary N) is 1. The molecular weight excluding hydrogens is 302 g/mol. The lowest BCUT2D eigenvalue weighted by Crippen LogP contribution is -2.34. The molecule has 0 bridgehead atoms. The van der Waals surface area contributed by atoms with Crippen LogP contribution in [-0.4, -0.2) is 37.7 Å². The van der Waals surface area contributed by atoms with Crippen molar-refractivity contribution < 1.29 is 19.1 Å². The van der Waals surface area contributed by atoms with Crippen LogP contribution >= 0.6 is 11.3 Å². The molecule has 6 heteroatoms. The van der Waals surface area contributed by atoms with Gasteiger partial charge < -0.3 is 14.8 Å². The maximum absolute atomic E-state index is 12.1. The van der Waals surface area contributed by atoms with Crippen LogP contribution in [0, 0.1) is 0 Å². The summed E-state index contributed by atoms with van der Waals surface area (Å²) in [5, 5.41) is 4.61. The number of fused-ring (bicyclic) bond motifs is 1. The van der Waals surface area contributed by atoms with Crippen LogP contribution in [0.3, 0.4) is 0 Å². The van der Waals surface area contributed by atoms with Gasteiger partial charge in [0.25, 0.3) is 5.91 Å². The highest BCUT2D eigenvalue weighted by atomic mass is 32.1. The average molecular weight is 323 g/mol. The van der Waals surface area contributed by atoms with Crippen molar-refractivity contribution in [2.24, 2.45) is 0 Å². The summed E-state index contributed by atoms with van der Waals surface area (Å²) in [5.41, 5.74) is 1.77. The number of aryl methyl sites for hydroxylation is 1. The number of ether oxygens (including phenoxy) is 2. The second kappa shape index (κ2) is 7.24. The summed E-state index contributed by atoms with van der Waals surface area (Å²) >= 11 is 1.62. The Kier molecular flexibility index (Phi) is 5.10. The smallest absolute Gasteiger partial charge is 0.339 e. The van der Waals surface area contributed by atoms with Gasteiger partial charge in [0.1, 0.15) is 0 Å². The van der Waals surface area contributed by atoms with E-state index in [1.165, 1.54) is 11.3 Å². The molecule has 0 aromatic carbocycles. The van der Waals surface area contributed by atoms with Crippen LogP contribution in [0.2, 0.25) is 0 Å². The topological polar surface area (TPSA) is 64.6 Å². The van der Waals surface area contributed by atoms with Crippen molar-refractivity contribution in [1.82, 2.24) is 5.32 Å². The van der Waals surface area contributed by atoms with Crippen LogP contribution < -0.4 is 5.32 Å². The van der Waals surface area contributed by atoms with E-state index in [1.807, 2.05) is 5.38 Å². The SMILES string of the molecule is O=C(COC(=O)c1csc2c1CCCC2)NC[C@H]1CCCO1. The zero-order chi connectivity index (χ0) is 15.4. The molecule has 1 amide bonds. The molecule has 1 aromatic heterocycles. The quantitative estimate of drug-likeness (QED) is 0.843. The summed E-state index contributed by atoms with van der Waals surface area (Å²) in [7, 11) is 0. The summed E-state index contributed by atoms with van der Waals surface area (Å²) in [6.07, 6.45) is 6.41. The Bertz CT molecular complexity index is 548. The zero-order valence-electron chi connectivity index (χ0n) is 12.6. The van der Waals surface area contributed by atoms with E-state index in [4.69, 9.17) is 9.47 Å². The fraction of sp³-hybridized carbons (Fsp3) is 0.625. The molecule has 2 aliphatic rings. The van der Waals surface area contributed by atoms with Crippen molar-refractivity contribution in [1.29, 1.82) is 0 Å². The van der Waals surface area contributed by atoms with Gasteiger partial charge in [-0.15, -0.1) is 11.3 Å². The van der Waals surface area contributed by atoms with E-state index >= 15 is 0 Å². The molecule has 1 N–H and O–H groups in total. The van der Waals surface area contributed by atoms with E-state index in [0.717, 1.165) is 44.3 Å². The number of rotatable bonds is 5. The zero-order valence-corrected chi connectivity index (χ0v) is 13.4. The summed E-state index contributed by atoms with van der Waals surface area (Å²) in [6, 6.07) is 0. The molecule has 0 unspecified atom stereocenters. The molecule has 1 fully saturated rings. The van der Waals surface area contributed by atoms with Gasteiger partial charge >= 0.3 is 5.97 Å². The molecule has 0 radical (unpaired) electrons. The minimum Gasteiger partial charge on any atom is -0.452 e. The first kappa shape index (κ1) is 15.5. The van der Waals surface area contributed by atoms with Crippen LogP contribution in [0.5, 0.6) is 0 Å². The highest BCUT2D eigenvalue weighted by Crippen LogP contribution is 2.30. The Hall–Kier alpha value is -1.40. The normalized spacial score (nSPS) is 20.5. The fourth-order valence-corrected chi connectivity index (χ4v) is 4.07. The number of esters is 1. The largest absolute Gasteiger partial charge is 0.452 e. The molecule has 5 nitrogen and oxygen atoms in total. The van der Waals surface area contributed by atoms with Gasteiger partial charge in [-0.2, -0.15) is 0 Å². The molecule has 2 heterocycles. The van der Waals surface area contributed by atoms with Gasteiger partial charge in [0.05, 0.1) is 11.7 Å². The summed E-state index contributed by atoms with van der Waals surface area (Å²) in [4.78, 5) is 25.1. The summed E-state index contributed by atoms with van der Waals surface area (Å²) < 4.78 is 10.6. The minimum atomic E-state index is -0.383. The monoisotopic (exact) mass is 323 g/mol. The molecule has 22 heavy (non-hydrogen) atoms. The fourth-order valence-electron chi connectivity index (χ4n) is 2.96. The predicted octanol–water partition coefficient (Wildman–Crippen LogP) is 2.08. The Morgan fingerprint density at radius 2 is 2.18 bits per heavy atom. The third-order valence-electron chi connectivity index (χ3n) is 4.17. The second-order valence-corrected chi connectivity index (χ2v) is 6.74. The van der Waals surface area contributed by atoms with E-state index in [0.29, 0.717) is 12.1 Å². The highest BCUT2D eigenvalue weighted by Gasteiger charge is 2.22. The number of thiophene rings is 1. The van der Waals surface area contributed by atoms with E-state index in [9.17, 15) is 9.59 Å². The van der Waals surface area contributed by atoms with E-state index in [1.54, 1.807) is 11.3 Å². The van der Waals surface area contributed by atoms with Gasteiger partial charge in [-0.1, -0.05) is 0 Å². The van der Waals surface area contributed by atoms with Crippen molar-refractivity contribution in [3.05, 3.63) is 21.4 Å². The van der Waals surface area contributed by atoms with Gasteiger partial charge in [-0.05, 0) is 44.1 Å². The highest BCUT2D eigenvalue weighted by molar-refractivity contribution is 7.10. The van der Waals surface area contributed by atoms with E-state index < -0.39 is 0 Å². The molecule has 1 saturated heterocycles. The molecule has 1 atom stereocenters. The van der Waals surface area contributed by atoms with Gasteiger partial charge in [0, 0.05) is 23.4 Å².